The zero-order valence-electron chi connectivity index (χ0n) is 17.1. The van der Waals surface area contributed by atoms with E-state index >= 15 is 0 Å². The highest BCUT2D eigenvalue weighted by Gasteiger charge is 2.71. The molecule has 4 atom stereocenters. The van der Waals surface area contributed by atoms with E-state index in [9.17, 15) is 14.4 Å². The van der Waals surface area contributed by atoms with Crippen LogP contribution in [0.25, 0.3) is 0 Å². The number of aryl methyl sites for hydroxylation is 1. The molecule has 0 saturated carbocycles. The van der Waals surface area contributed by atoms with E-state index in [0.717, 1.165) is 36.1 Å². The lowest BCUT2D eigenvalue weighted by Crippen LogP contribution is -2.49. The third-order valence-corrected chi connectivity index (χ3v) is 8.18. The molecule has 6 rings (SSSR count). The van der Waals surface area contributed by atoms with E-state index in [-0.39, 0.29) is 18.4 Å². The third-order valence-electron chi connectivity index (χ3n) is 6.90. The quantitative estimate of drug-likeness (QED) is 0.398. The summed E-state index contributed by atoms with van der Waals surface area (Å²) in [5, 5.41) is 0.401. The maximum atomic E-state index is 13.7. The molecule has 2 bridgehead atoms. The number of rotatable bonds is 4. The van der Waals surface area contributed by atoms with Crippen molar-refractivity contribution in [2.45, 2.75) is 50.6 Å². The van der Waals surface area contributed by atoms with Crippen LogP contribution in [0, 0.1) is 11.8 Å². The molecule has 164 valence electrons. The van der Waals surface area contributed by atoms with Crippen molar-refractivity contribution in [3.8, 4) is 0 Å². The van der Waals surface area contributed by atoms with Gasteiger partial charge in [0.1, 0.15) is 5.00 Å². The van der Waals surface area contributed by atoms with Crippen molar-refractivity contribution in [2.24, 2.45) is 11.8 Å². The first kappa shape index (κ1) is 19.6. The number of esters is 1. The van der Waals surface area contributed by atoms with Crippen molar-refractivity contribution >= 4 is 34.1 Å². The Balaban J connectivity index is 1.44. The van der Waals surface area contributed by atoms with Gasteiger partial charge in [0.05, 0.1) is 43.3 Å². The van der Waals surface area contributed by atoms with Crippen LogP contribution in [0.5, 0.6) is 0 Å². The molecule has 5 heterocycles. The van der Waals surface area contributed by atoms with Crippen LogP contribution in [0.1, 0.15) is 40.6 Å². The number of carbonyl (C=O) groups excluding carboxylic acids is 3. The summed E-state index contributed by atoms with van der Waals surface area (Å²) in [6.45, 7) is 2.82. The molecule has 0 radical (unpaired) electrons. The summed E-state index contributed by atoms with van der Waals surface area (Å²) < 4.78 is 22.8. The maximum absolute atomic E-state index is 13.7. The van der Waals surface area contributed by atoms with Crippen LogP contribution in [0.3, 0.4) is 0 Å². The summed E-state index contributed by atoms with van der Waals surface area (Å²) in [5.41, 5.74) is 0.206. The van der Waals surface area contributed by atoms with Gasteiger partial charge >= 0.3 is 5.97 Å². The van der Waals surface area contributed by atoms with Gasteiger partial charge in [0, 0.05) is 4.88 Å². The Morgan fingerprint density at radius 2 is 2.00 bits per heavy atom. The Morgan fingerprint density at radius 1 is 1.23 bits per heavy atom. The van der Waals surface area contributed by atoms with Crippen molar-refractivity contribution < 1.29 is 33.3 Å². The molecule has 1 aromatic rings. The fourth-order valence-electron chi connectivity index (χ4n) is 5.65. The second-order valence-corrected chi connectivity index (χ2v) is 9.58. The molecule has 0 spiro atoms. The van der Waals surface area contributed by atoms with E-state index in [1.807, 2.05) is 12.2 Å². The number of hydrogen-bond acceptors (Lipinski definition) is 8. The second-order valence-electron chi connectivity index (χ2n) is 8.50. The molecular formula is C22H23NO7S. The lowest BCUT2D eigenvalue weighted by molar-refractivity contribution is -0.180. The molecule has 1 aromatic heterocycles. The van der Waals surface area contributed by atoms with Crippen LogP contribution < -0.4 is 4.90 Å². The molecule has 0 unspecified atom stereocenters. The van der Waals surface area contributed by atoms with Crippen molar-refractivity contribution in [1.82, 2.24) is 0 Å². The third kappa shape index (κ3) is 2.54. The van der Waals surface area contributed by atoms with Crippen molar-refractivity contribution in [3.05, 3.63) is 28.2 Å². The normalized spacial score (nSPS) is 34.0. The summed E-state index contributed by atoms with van der Waals surface area (Å²) in [5.74, 6) is -2.52. The summed E-state index contributed by atoms with van der Waals surface area (Å²) >= 11 is 1.37. The zero-order chi connectivity index (χ0) is 21.3. The lowest BCUT2D eigenvalue weighted by atomic mass is 9.76. The summed E-state index contributed by atoms with van der Waals surface area (Å²) in [7, 11) is 0. The average molecular weight is 445 g/mol. The number of thiophene rings is 1. The standard InChI is InChI=1S/C22H23NO7S/c1-2-27-20(26)14-11-5-3-4-6-13(11)31-19(14)23-17(24)15-12-7-8-22(30-12,16(15)18(23)25)21-28-9-10-29-21/h7-8,12,15-16,21H,2-6,9-10H2,1H3/t12-,15+,16+,22-/m1/s1. The van der Waals surface area contributed by atoms with Gasteiger partial charge in [-0.25, -0.2) is 9.69 Å². The Bertz CT molecular complexity index is 1010. The van der Waals surface area contributed by atoms with Gasteiger partial charge in [0.25, 0.3) is 0 Å². The minimum absolute atomic E-state index is 0.231. The molecule has 31 heavy (non-hydrogen) atoms. The predicted octanol–water partition coefficient (Wildman–Crippen LogP) is 1.99. The number of amides is 2. The van der Waals surface area contributed by atoms with Gasteiger partial charge in [0.2, 0.25) is 11.8 Å². The van der Waals surface area contributed by atoms with E-state index < -0.39 is 35.8 Å². The number of nitrogens with zero attached hydrogens (tertiary/aromatic N) is 1. The molecule has 3 fully saturated rings. The van der Waals surface area contributed by atoms with Crippen molar-refractivity contribution in [3.63, 3.8) is 0 Å². The fraction of sp³-hybridized carbons (Fsp3) is 0.591. The molecular weight excluding hydrogens is 422 g/mol. The predicted molar refractivity (Wildman–Crippen MR) is 109 cm³/mol. The van der Waals surface area contributed by atoms with Gasteiger partial charge in [-0.1, -0.05) is 6.08 Å². The molecule has 5 aliphatic rings. The Hall–Kier alpha value is -2.07. The van der Waals surface area contributed by atoms with Crippen molar-refractivity contribution in [1.29, 1.82) is 0 Å². The monoisotopic (exact) mass is 445 g/mol. The summed E-state index contributed by atoms with van der Waals surface area (Å²) in [6, 6.07) is 0. The Labute approximate surface area is 183 Å². The van der Waals surface area contributed by atoms with Crippen LogP contribution in [0.4, 0.5) is 5.00 Å². The largest absolute Gasteiger partial charge is 0.462 e. The smallest absolute Gasteiger partial charge is 0.341 e. The second kappa shape index (κ2) is 6.96. The number of carbonyl (C=O) groups is 3. The topological polar surface area (TPSA) is 91.4 Å². The van der Waals surface area contributed by atoms with Gasteiger partial charge in [0.15, 0.2) is 11.9 Å². The highest BCUT2D eigenvalue weighted by Crippen LogP contribution is 2.56. The van der Waals surface area contributed by atoms with Gasteiger partial charge in [-0.3, -0.25) is 9.59 Å². The first-order valence-corrected chi connectivity index (χ1v) is 11.7. The van der Waals surface area contributed by atoms with Gasteiger partial charge in [-0.15, -0.1) is 11.3 Å². The van der Waals surface area contributed by atoms with Gasteiger partial charge in [-0.05, 0) is 44.2 Å². The molecule has 0 aromatic carbocycles. The molecule has 1 aliphatic carbocycles. The van der Waals surface area contributed by atoms with Crippen LogP contribution in [0.2, 0.25) is 0 Å². The van der Waals surface area contributed by atoms with Crippen molar-refractivity contribution in [2.75, 3.05) is 24.7 Å². The van der Waals surface area contributed by atoms with Gasteiger partial charge < -0.3 is 18.9 Å². The Kier molecular flexibility index (Phi) is 4.40. The van der Waals surface area contributed by atoms with E-state index in [1.54, 1.807) is 6.92 Å². The summed E-state index contributed by atoms with van der Waals surface area (Å²) in [4.78, 5) is 42.5. The molecule has 4 aliphatic heterocycles. The molecule has 3 saturated heterocycles. The zero-order valence-corrected chi connectivity index (χ0v) is 17.9. The number of imide groups is 1. The first-order chi connectivity index (χ1) is 15.1. The first-order valence-electron chi connectivity index (χ1n) is 10.9. The number of fused-ring (bicyclic) bond motifs is 6. The minimum Gasteiger partial charge on any atom is -0.462 e. The van der Waals surface area contributed by atoms with E-state index in [1.165, 1.54) is 16.2 Å². The minimum atomic E-state index is -1.10. The maximum Gasteiger partial charge on any atom is 0.341 e. The number of ether oxygens (including phenoxy) is 4. The average Bonchev–Trinajstić information content (AvgIpc) is 3.56. The van der Waals surface area contributed by atoms with E-state index in [2.05, 4.69) is 0 Å². The van der Waals surface area contributed by atoms with Crippen LogP contribution >= 0.6 is 11.3 Å². The van der Waals surface area contributed by atoms with E-state index in [0.29, 0.717) is 23.8 Å². The number of hydrogen-bond donors (Lipinski definition) is 0. The molecule has 9 heteroatoms. The highest BCUT2D eigenvalue weighted by molar-refractivity contribution is 7.17. The number of anilines is 1. The van der Waals surface area contributed by atoms with Crippen LogP contribution in [-0.4, -0.2) is 55.6 Å². The highest BCUT2D eigenvalue weighted by atomic mass is 32.1. The molecule has 8 nitrogen and oxygen atoms in total. The fourth-order valence-corrected chi connectivity index (χ4v) is 7.04. The summed E-state index contributed by atoms with van der Waals surface area (Å²) in [6.07, 6.45) is 6.02. The molecule has 0 N–H and O–H groups in total. The van der Waals surface area contributed by atoms with E-state index in [4.69, 9.17) is 18.9 Å². The van der Waals surface area contributed by atoms with Crippen LogP contribution in [0.15, 0.2) is 12.2 Å². The van der Waals surface area contributed by atoms with Gasteiger partial charge in [-0.2, -0.15) is 0 Å². The lowest BCUT2D eigenvalue weighted by Gasteiger charge is -2.32. The molecule has 2 amide bonds. The van der Waals surface area contributed by atoms with Crippen LogP contribution in [-0.2, 0) is 41.4 Å². The Morgan fingerprint density at radius 3 is 2.77 bits per heavy atom. The SMILES string of the molecule is CCOC(=O)c1c(N2C(=O)[C@@H]3[C@@H](C2=O)[C@@]2(C4OCCO4)C=C[C@H]3O2)sc2c1CCCC2.